The van der Waals surface area contributed by atoms with Gasteiger partial charge < -0.3 is 47.9 Å². The number of halogens is 3. The van der Waals surface area contributed by atoms with Crippen LogP contribution >= 0.6 is 34.8 Å². The van der Waals surface area contributed by atoms with Crippen molar-refractivity contribution in [2.24, 2.45) is 0 Å². The number of benzene rings is 6. The van der Waals surface area contributed by atoms with E-state index in [1.54, 1.807) is 12.1 Å². The fourth-order valence-electron chi connectivity index (χ4n) is 9.63. The number of imide groups is 1. The molecular formula is C59H57Cl3N2O13. The summed E-state index contributed by atoms with van der Waals surface area (Å²) >= 11 is 18.7. The van der Waals surface area contributed by atoms with E-state index in [0.29, 0.717) is 5.56 Å². The SMILES string of the molecule is CC(=O)O[C@@H]1[C@@H](O[C@H]2[C@H](OCc3ccccc3)[C@@H](N3C(=O)c4ccccc4C3=O)[C@H](C(=O)NC(Cl)(Cl)Cl)O[C@@H]2COCc2ccccc2)O[C@H](COCc2ccccc2)[C@@H](OCc2ccccc2)[C@@H]1OCc1ccccc1. The Balaban J connectivity index is 1.16. The van der Waals surface area contributed by atoms with E-state index in [4.69, 9.17) is 77.4 Å². The minimum absolute atomic E-state index is 0.0475. The van der Waals surface area contributed by atoms with Crippen molar-refractivity contribution < 1.29 is 61.8 Å². The molecule has 3 aliphatic heterocycles. The van der Waals surface area contributed by atoms with E-state index >= 15 is 0 Å². The molecule has 2 fully saturated rings. The van der Waals surface area contributed by atoms with Crippen LogP contribution in [0.3, 0.4) is 0 Å². The molecule has 3 heterocycles. The van der Waals surface area contributed by atoms with Crippen LogP contribution in [-0.2, 0) is 85.3 Å². The fourth-order valence-corrected chi connectivity index (χ4v) is 9.90. The van der Waals surface area contributed by atoms with Crippen molar-refractivity contribution in [2.75, 3.05) is 13.2 Å². The van der Waals surface area contributed by atoms with Gasteiger partial charge in [-0.15, -0.1) is 0 Å². The maximum atomic E-state index is 14.7. The van der Waals surface area contributed by atoms with Gasteiger partial charge in [-0.2, -0.15) is 0 Å². The average Bonchev–Trinajstić information content (AvgIpc) is 3.73. The summed E-state index contributed by atoms with van der Waals surface area (Å²) < 4.78 is 58.2. The highest BCUT2D eigenvalue weighted by Crippen LogP contribution is 2.39. The van der Waals surface area contributed by atoms with E-state index in [-0.39, 0.29) is 57.4 Å². The van der Waals surface area contributed by atoms with E-state index in [1.807, 2.05) is 152 Å². The Labute approximate surface area is 461 Å². The Morgan fingerprint density at radius 3 is 1.32 bits per heavy atom. The molecule has 77 heavy (non-hydrogen) atoms. The highest BCUT2D eigenvalue weighted by molar-refractivity contribution is 6.67. The number of rotatable bonds is 22. The summed E-state index contributed by atoms with van der Waals surface area (Å²) in [5.41, 5.74) is 4.22. The molecule has 0 saturated carbocycles. The van der Waals surface area contributed by atoms with Gasteiger partial charge in [0.1, 0.15) is 42.7 Å². The number of carbonyl (C=O) groups excluding carboxylic acids is 4. The predicted octanol–water partition coefficient (Wildman–Crippen LogP) is 9.09. The second-order valence-electron chi connectivity index (χ2n) is 18.6. The van der Waals surface area contributed by atoms with Crippen LogP contribution in [0.1, 0.15) is 55.5 Å². The van der Waals surface area contributed by atoms with Crippen molar-refractivity contribution in [1.82, 2.24) is 10.2 Å². The van der Waals surface area contributed by atoms with Crippen molar-refractivity contribution in [1.29, 1.82) is 0 Å². The Kier molecular flexibility index (Phi) is 19.2. The molecule has 3 aliphatic rings. The molecule has 2 saturated heterocycles. The minimum atomic E-state index is -2.36. The lowest BCUT2D eigenvalue weighted by Crippen LogP contribution is -2.71. The van der Waals surface area contributed by atoms with Gasteiger partial charge in [0.2, 0.25) is 0 Å². The second kappa shape index (κ2) is 26.5. The summed E-state index contributed by atoms with van der Waals surface area (Å²) in [6.45, 7) is 1.22. The first-order valence-corrected chi connectivity index (χ1v) is 26.2. The van der Waals surface area contributed by atoms with E-state index in [9.17, 15) is 19.2 Å². The number of amides is 3. The molecule has 6 aromatic rings. The quantitative estimate of drug-likeness (QED) is 0.0296. The number of carbonyl (C=O) groups is 4. The molecule has 402 valence electrons. The van der Waals surface area contributed by atoms with Gasteiger partial charge in [0, 0.05) is 6.92 Å². The van der Waals surface area contributed by atoms with Crippen molar-refractivity contribution in [3.8, 4) is 0 Å². The van der Waals surface area contributed by atoms with Crippen molar-refractivity contribution in [3.05, 3.63) is 215 Å². The summed E-state index contributed by atoms with van der Waals surface area (Å²) in [5.74, 6) is -3.19. The largest absolute Gasteiger partial charge is 0.454 e. The predicted molar refractivity (Wildman–Crippen MR) is 284 cm³/mol. The van der Waals surface area contributed by atoms with Crippen molar-refractivity contribution in [3.63, 3.8) is 0 Å². The Bertz CT molecular complexity index is 2840. The maximum absolute atomic E-state index is 14.7. The lowest BCUT2D eigenvalue weighted by molar-refractivity contribution is -0.351. The maximum Gasteiger partial charge on any atom is 0.303 e. The van der Waals surface area contributed by atoms with Crippen LogP contribution in [-0.4, -0.2) is 107 Å². The molecule has 6 aromatic carbocycles. The van der Waals surface area contributed by atoms with E-state index in [1.165, 1.54) is 19.1 Å². The van der Waals surface area contributed by atoms with Gasteiger partial charge in [-0.1, -0.05) is 199 Å². The summed E-state index contributed by atoms with van der Waals surface area (Å²) in [6.07, 6.45) is -11.9. The second-order valence-corrected chi connectivity index (χ2v) is 20.9. The summed E-state index contributed by atoms with van der Waals surface area (Å²) in [6, 6.07) is 51.7. The Morgan fingerprint density at radius 2 is 0.896 bits per heavy atom. The molecule has 18 heteroatoms. The van der Waals surface area contributed by atoms with Crippen LogP contribution in [0.2, 0.25) is 0 Å². The number of nitrogens with zero attached hydrogens (tertiary/aromatic N) is 1. The molecular weight excluding hydrogens is 1050 g/mol. The van der Waals surface area contributed by atoms with Gasteiger partial charge in [0.15, 0.2) is 18.5 Å². The Morgan fingerprint density at radius 1 is 0.506 bits per heavy atom. The summed E-state index contributed by atoms with van der Waals surface area (Å²) in [7, 11) is 0. The average molecular weight is 1110 g/mol. The molecule has 10 atom stereocenters. The van der Waals surface area contributed by atoms with E-state index in [0.717, 1.165) is 27.2 Å². The molecule has 3 amide bonds. The van der Waals surface area contributed by atoms with Crippen LogP contribution in [0.15, 0.2) is 176 Å². The zero-order valence-electron chi connectivity index (χ0n) is 41.9. The monoisotopic (exact) mass is 1110 g/mol. The topological polar surface area (TPSA) is 167 Å². The number of nitrogens with one attached hydrogen (secondary N) is 1. The van der Waals surface area contributed by atoms with E-state index in [2.05, 4.69) is 5.32 Å². The van der Waals surface area contributed by atoms with Gasteiger partial charge in [-0.25, -0.2) is 0 Å². The van der Waals surface area contributed by atoms with Gasteiger partial charge in [-0.05, 0) is 39.9 Å². The lowest BCUT2D eigenvalue weighted by Gasteiger charge is -2.51. The highest BCUT2D eigenvalue weighted by atomic mass is 35.6. The molecule has 9 rings (SSSR count). The van der Waals surface area contributed by atoms with Crippen LogP contribution in [0.5, 0.6) is 0 Å². The third-order valence-corrected chi connectivity index (χ3v) is 13.4. The third-order valence-electron chi connectivity index (χ3n) is 13.1. The first-order valence-electron chi connectivity index (χ1n) is 25.1. The normalized spacial score (nSPS) is 24.3. The first-order chi connectivity index (χ1) is 37.4. The van der Waals surface area contributed by atoms with Crippen LogP contribution in [0.4, 0.5) is 0 Å². The summed E-state index contributed by atoms with van der Waals surface area (Å²) in [4.78, 5) is 58.5. The third kappa shape index (κ3) is 14.6. The van der Waals surface area contributed by atoms with Crippen LogP contribution in [0.25, 0.3) is 0 Å². The number of hydrogen-bond acceptors (Lipinski definition) is 13. The van der Waals surface area contributed by atoms with Gasteiger partial charge in [0.05, 0.1) is 57.4 Å². The molecule has 0 bridgehead atoms. The zero-order valence-corrected chi connectivity index (χ0v) is 44.1. The molecule has 0 spiro atoms. The standard InChI is InChI=1S/C59H57Cl3N2O13/c1-38(65)74-54-53(73-35-43-27-15-6-16-28-43)49(71-33-41-23-11-4-12-24-41)46(36-69-31-39-19-7-2-8-20-39)76-58(54)77-50-47(37-70-32-40-21-9-3-10-22-40)75-52(55(66)63-59(60,61)62)48(51(50)72-34-42-25-13-5-14-26-42)64-56(67)44-29-17-18-30-45(44)57(64)68/h2-30,46-54,58H,31-37H2,1H3,(H,63,66)/t46-,47-,48-,49-,50-,51-,52-,53+,54+,58-/m1/s1. The van der Waals surface area contributed by atoms with Crippen molar-refractivity contribution in [2.45, 2.75) is 105 Å². The molecule has 0 unspecified atom stereocenters. The van der Waals surface area contributed by atoms with Crippen molar-refractivity contribution >= 4 is 58.5 Å². The number of hydrogen-bond donors (Lipinski definition) is 1. The number of ether oxygens (including phenoxy) is 9. The first kappa shape index (κ1) is 55.7. The molecule has 0 radical (unpaired) electrons. The number of esters is 1. The van der Waals surface area contributed by atoms with Crippen LogP contribution in [0, 0.1) is 0 Å². The fraction of sp³-hybridized carbons (Fsp3) is 0.322. The number of fused-ring (bicyclic) bond motifs is 1. The van der Waals surface area contributed by atoms with E-state index < -0.39 is 88.8 Å². The minimum Gasteiger partial charge on any atom is -0.454 e. The van der Waals surface area contributed by atoms with Gasteiger partial charge in [0.25, 0.3) is 21.6 Å². The molecule has 1 N–H and O–H groups in total. The highest BCUT2D eigenvalue weighted by Gasteiger charge is 2.59. The molecule has 0 aromatic heterocycles. The summed E-state index contributed by atoms with van der Waals surface area (Å²) in [5, 5.41) is 2.33. The van der Waals surface area contributed by atoms with Crippen LogP contribution < -0.4 is 5.32 Å². The molecule has 0 aliphatic carbocycles. The lowest BCUT2D eigenvalue weighted by atomic mass is 9.89. The zero-order chi connectivity index (χ0) is 53.7. The van der Waals surface area contributed by atoms with Gasteiger partial charge >= 0.3 is 5.97 Å². The molecule has 15 nitrogen and oxygen atoms in total. The number of alkyl halides is 3. The smallest absolute Gasteiger partial charge is 0.303 e. The van der Waals surface area contributed by atoms with Gasteiger partial charge in [-0.3, -0.25) is 24.1 Å². The Hall–Kier alpha value is -6.05.